The van der Waals surface area contributed by atoms with Gasteiger partial charge in [-0.25, -0.2) is 44.9 Å². The van der Waals surface area contributed by atoms with Crippen molar-refractivity contribution in [2.24, 2.45) is 0 Å². The van der Waals surface area contributed by atoms with E-state index in [9.17, 15) is 0 Å². The van der Waals surface area contributed by atoms with Gasteiger partial charge in [0.1, 0.15) is 33.5 Å². The number of fused-ring (bicyclic) bond motifs is 12. The first kappa shape index (κ1) is 83.6. The zero-order valence-corrected chi connectivity index (χ0v) is 76.0. The number of hydrogen-bond acceptors (Lipinski definition) is 12. The molecule has 0 saturated carbocycles. The van der Waals surface area contributed by atoms with E-state index in [1.165, 1.54) is 54.6 Å². The molecule has 0 unspecified atom stereocenters. The van der Waals surface area contributed by atoms with Crippen LogP contribution in [0.5, 0.6) is 0 Å². The molecule has 12 heteroatoms. The van der Waals surface area contributed by atoms with Crippen LogP contribution in [-0.4, -0.2) is 44.9 Å². The standard InChI is InChI=1S/3C43H27N3O/c1-2-10-28(11-3-1)31-14-8-16-34(25-31)41-44-42(35-17-9-15-32(26-35)33-21-20-29-12-4-5-13-30(29)24-33)46-43(45-41)36-22-23-38-37-18-6-7-19-39(37)47-40(38)27-36;1-2-9-28(10-3-1)30-17-22-32(23-18-30)41-44-42(33-24-19-31(20-25-33)35-26-21-29-11-4-5-12-34(29)27-35)46-43(45-41)37-14-8-16-39-40(37)36-13-6-7-15-38(36)47-39;1-2-8-28(9-3-1)30-14-19-32(20-15-30)41-44-42(33-21-16-31(17-22-33)35-23-18-29-10-4-5-11-34(29)26-35)46-43(45-41)36-24-25-38-37-12-6-7-13-39(37)47-40(38)27-36/h3*1-27H. The summed E-state index contributed by atoms with van der Waals surface area (Å²) in [5.74, 6) is 5.49. The molecule has 0 saturated heterocycles. The monoisotopic (exact) mass is 1800 g/mol. The largest absolute Gasteiger partial charge is 0.456 e. The van der Waals surface area contributed by atoms with Crippen molar-refractivity contribution in [2.45, 2.75) is 0 Å². The van der Waals surface area contributed by atoms with Crippen molar-refractivity contribution in [2.75, 3.05) is 0 Å². The molecule has 6 heterocycles. The molecular formula is C129H81N9O3. The molecule has 660 valence electrons. The quantitative estimate of drug-likeness (QED) is 0.0959. The molecule has 0 aliphatic rings. The summed E-state index contributed by atoms with van der Waals surface area (Å²) in [6.45, 7) is 0. The van der Waals surface area contributed by atoms with E-state index in [-0.39, 0.29) is 0 Å². The van der Waals surface area contributed by atoms with Gasteiger partial charge in [-0.15, -0.1) is 0 Å². The summed E-state index contributed by atoms with van der Waals surface area (Å²) in [5.41, 5.74) is 26.9. The summed E-state index contributed by atoms with van der Waals surface area (Å²) in [5, 5.41) is 13.7. The highest BCUT2D eigenvalue weighted by Gasteiger charge is 2.23. The lowest BCUT2D eigenvalue weighted by molar-refractivity contribution is 0.668. The van der Waals surface area contributed by atoms with Gasteiger partial charge in [0, 0.05) is 82.4 Å². The third-order valence-corrected chi connectivity index (χ3v) is 26.2. The van der Waals surface area contributed by atoms with Gasteiger partial charge in [-0.3, -0.25) is 0 Å². The fourth-order valence-corrected chi connectivity index (χ4v) is 18.9. The van der Waals surface area contributed by atoms with Crippen LogP contribution < -0.4 is 0 Å². The Labute approximate surface area is 811 Å². The van der Waals surface area contributed by atoms with Gasteiger partial charge in [0.05, 0.1) is 0 Å². The first-order chi connectivity index (χ1) is 69.8. The maximum absolute atomic E-state index is 6.23. The van der Waals surface area contributed by atoms with E-state index in [4.69, 9.17) is 58.1 Å². The van der Waals surface area contributed by atoms with E-state index in [1.807, 2.05) is 97.1 Å². The van der Waals surface area contributed by atoms with Crippen LogP contribution in [0.15, 0.2) is 505 Å². The average Bonchev–Trinajstić information content (AvgIpc) is 1.63. The summed E-state index contributed by atoms with van der Waals surface area (Å²) in [6, 6.07) is 169. The van der Waals surface area contributed by atoms with Crippen LogP contribution in [-0.2, 0) is 0 Å². The zero-order chi connectivity index (χ0) is 93.5. The van der Waals surface area contributed by atoms with Gasteiger partial charge < -0.3 is 13.3 Å². The van der Waals surface area contributed by atoms with Crippen LogP contribution in [0.2, 0.25) is 0 Å². The van der Waals surface area contributed by atoms with E-state index in [1.54, 1.807) is 0 Å². The normalized spacial score (nSPS) is 11.4. The van der Waals surface area contributed by atoms with E-state index < -0.39 is 0 Å². The van der Waals surface area contributed by atoms with Crippen LogP contribution in [0.25, 0.3) is 267 Å². The Morgan fingerprint density at radius 2 is 0.333 bits per heavy atom. The van der Waals surface area contributed by atoms with Gasteiger partial charge >= 0.3 is 0 Å². The second-order valence-corrected chi connectivity index (χ2v) is 35.1. The highest BCUT2D eigenvalue weighted by molar-refractivity contribution is 6.12. The van der Waals surface area contributed by atoms with E-state index in [2.05, 4.69) is 394 Å². The van der Waals surface area contributed by atoms with Crippen molar-refractivity contribution in [3.63, 3.8) is 0 Å². The maximum atomic E-state index is 6.23. The molecule has 0 N–H and O–H groups in total. The van der Waals surface area contributed by atoms with Crippen molar-refractivity contribution in [3.8, 4) is 169 Å². The Kier molecular flexibility index (Phi) is 21.7. The zero-order valence-electron chi connectivity index (χ0n) is 76.0. The lowest BCUT2D eigenvalue weighted by atomic mass is 9.99. The molecular weight excluding hydrogens is 1720 g/mol. The third kappa shape index (κ3) is 16.9. The second kappa shape index (κ2) is 36.6. The smallest absolute Gasteiger partial charge is 0.164 e. The predicted molar refractivity (Wildman–Crippen MR) is 575 cm³/mol. The number of aromatic nitrogens is 9. The SMILES string of the molecule is c1ccc(-c2ccc(-c3nc(-c4ccc(-c5ccc6ccccc6c5)cc4)nc(-c4ccc5c(c4)oc4ccccc45)n3)cc2)cc1.c1ccc(-c2ccc(-c3nc(-c4ccc(-c5ccc6ccccc6c5)cc4)nc(-c4cccc5oc6ccccc6c45)n3)cc2)cc1.c1ccc(-c2cccc(-c3nc(-c4cccc(-c5ccc6ccccc6c5)c4)nc(-c4ccc5c(c4)oc4ccccc45)n3)c2)cc1. The molecule has 0 radical (unpaired) electrons. The first-order valence-electron chi connectivity index (χ1n) is 47.1. The number of benzene rings is 21. The van der Waals surface area contributed by atoms with Crippen LogP contribution >= 0.6 is 0 Å². The molecule has 0 atom stereocenters. The minimum Gasteiger partial charge on any atom is -0.456 e. The van der Waals surface area contributed by atoms with Crippen molar-refractivity contribution in [1.82, 2.24) is 44.9 Å². The number of nitrogens with zero attached hydrogens (tertiary/aromatic N) is 9. The fraction of sp³-hybridized carbons (Fsp3) is 0. The lowest BCUT2D eigenvalue weighted by Crippen LogP contribution is -2.00. The summed E-state index contributed by atoms with van der Waals surface area (Å²) in [4.78, 5) is 45.4. The minimum atomic E-state index is 0.591. The van der Waals surface area contributed by atoms with Gasteiger partial charge in [0.2, 0.25) is 0 Å². The average molecular weight is 1810 g/mol. The molecule has 12 nitrogen and oxygen atoms in total. The second-order valence-electron chi connectivity index (χ2n) is 35.1. The molecule has 27 rings (SSSR count). The van der Waals surface area contributed by atoms with Crippen molar-refractivity contribution >= 4 is 98.1 Å². The molecule has 0 amide bonds. The van der Waals surface area contributed by atoms with E-state index in [0.717, 1.165) is 160 Å². The van der Waals surface area contributed by atoms with Crippen LogP contribution in [0.3, 0.4) is 0 Å². The number of rotatable bonds is 15. The van der Waals surface area contributed by atoms with Gasteiger partial charge in [0.15, 0.2) is 52.4 Å². The number of hydrogen-bond donors (Lipinski definition) is 0. The Hall–Kier alpha value is -19.2. The summed E-state index contributed by atoms with van der Waals surface area (Å²) in [6.07, 6.45) is 0. The Bertz CT molecular complexity index is 9420. The molecule has 0 spiro atoms. The molecule has 141 heavy (non-hydrogen) atoms. The van der Waals surface area contributed by atoms with Gasteiger partial charge in [-0.2, -0.15) is 0 Å². The summed E-state index contributed by atoms with van der Waals surface area (Å²) in [7, 11) is 0. The minimum absolute atomic E-state index is 0.591. The first-order valence-corrected chi connectivity index (χ1v) is 47.1. The van der Waals surface area contributed by atoms with Gasteiger partial charge in [0.25, 0.3) is 0 Å². The molecule has 27 aromatic rings. The Morgan fingerprint density at radius 1 is 0.113 bits per heavy atom. The molecule has 0 aliphatic heterocycles. The van der Waals surface area contributed by atoms with Crippen LogP contribution in [0, 0.1) is 0 Å². The van der Waals surface area contributed by atoms with E-state index in [0.29, 0.717) is 52.4 Å². The number of para-hydroxylation sites is 3. The fourth-order valence-electron chi connectivity index (χ4n) is 18.9. The predicted octanol–water partition coefficient (Wildman–Crippen LogP) is 33.8. The highest BCUT2D eigenvalue weighted by Crippen LogP contribution is 2.42. The van der Waals surface area contributed by atoms with Gasteiger partial charge in [-0.05, 0) is 178 Å². The Morgan fingerprint density at radius 3 is 0.723 bits per heavy atom. The number of furan rings is 3. The third-order valence-electron chi connectivity index (χ3n) is 26.2. The molecule has 21 aromatic carbocycles. The highest BCUT2D eigenvalue weighted by atomic mass is 16.3. The maximum Gasteiger partial charge on any atom is 0.164 e. The van der Waals surface area contributed by atoms with Crippen LogP contribution in [0.1, 0.15) is 0 Å². The topological polar surface area (TPSA) is 155 Å². The van der Waals surface area contributed by atoms with Crippen molar-refractivity contribution in [3.05, 3.63) is 491 Å². The van der Waals surface area contributed by atoms with Crippen molar-refractivity contribution in [1.29, 1.82) is 0 Å². The molecule has 6 aromatic heterocycles. The lowest BCUT2D eigenvalue weighted by Gasteiger charge is -2.11. The molecule has 0 fully saturated rings. The molecule has 0 bridgehead atoms. The summed E-state index contributed by atoms with van der Waals surface area (Å²) >= 11 is 0. The van der Waals surface area contributed by atoms with E-state index >= 15 is 0 Å². The molecule has 0 aliphatic carbocycles. The van der Waals surface area contributed by atoms with Gasteiger partial charge in [-0.1, -0.05) is 413 Å². The Balaban J connectivity index is 0.000000111. The van der Waals surface area contributed by atoms with Crippen LogP contribution in [0.4, 0.5) is 0 Å². The summed E-state index contributed by atoms with van der Waals surface area (Å²) < 4.78 is 18.7. The van der Waals surface area contributed by atoms with Crippen molar-refractivity contribution < 1.29 is 13.3 Å².